The maximum absolute atomic E-state index is 12.9. The van der Waals surface area contributed by atoms with Gasteiger partial charge in [0.25, 0.3) is 0 Å². The van der Waals surface area contributed by atoms with Crippen molar-refractivity contribution in [1.82, 2.24) is 24.8 Å². The second kappa shape index (κ2) is 11.5. The number of nitrogen functional groups attached to an aromatic ring is 2. The number of ether oxygens (including phenoxy) is 2. The summed E-state index contributed by atoms with van der Waals surface area (Å²) in [6.45, 7) is 7.63. The number of nitrogens with zero attached hydrogens (tertiary/aromatic N) is 4. The summed E-state index contributed by atoms with van der Waals surface area (Å²) < 4.78 is 29.0. The third-order valence-corrected chi connectivity index (χ3v) is 8.06. The molecule has 1 unspecified atom stereocenters. The van der Waals surface area contributed by atoms with E-state index in [2.05, 4.69) is 20.3 Å². The minimum atomic E-state index is -4.07. The molecule has 229 valence electrons. The number of hydrogen-bond acceptors (Lipinski definition) is 15. The number of aromatic nitrogens is 4. The maximum Gasteiger partial charge on any atom is 0.378 e. The smallest absolute Gasteiger partial charge is 0.378 e. The van der Waals surface area contributed by atoms with E-state index < -0.39 is 62.2 Å². The van der Waals surface area contributed by atoms with Crippen molar-refractivity contribution < 1.29 is 47.7 Å². The van der Waals surface area contributed by atoms with Crippen LogP contribution in [0, 0.1) is 5.41 Å². The number of carbonyl (C=O) groups excluding carboxylic acids is 2. The fraction of sp³-hybridized carbons (Fsp3) is 0.696. The molecule has 18 heteroatoms. The van der Waals surface area contributed by atoms with Crippen LogP contribution in [0.3, 0.4) is 0 Å². The minimum absolute atomic E-state index is 0.00262. The van der Waals surface area contributed by atoms with Crippen LogP contribution in [0.5, 0.6) is 0 Å². The molecule has 2 aromatic heterocycles. The van der Waals surface area contributed by atoms with Crippen LogP contribution in [0.4, 0.5) is 11.8 Å². The highest BCUT2D eigenvalue weighted by molar-refractivity contribution is 7.55. The quantitative estimate of drug-likeness (QED) is 0.158. The number of aliphatic hydroxyl groups is 2. The van der Waals surface area contributed by atoms with E-state index in [1.807, 2.05) is 0 Å². The summed E-state index contributed by atoms with van der Waals surface area (Å²) >= 11 is 0. The normalized spacial score (nSPS) is 31.4. The van der Waals surface area contributed by atoms with Gasteiger partial charge in [0.1, 0.15) is 23.3 Å². The molecule has 0 aliphatic carbocycles. The number of fused-ring (bicyclic) bond motifs is 1. The SMILES string of the molecule is CC(C)OC(=O)CCNC(=O)[C@@H]1O[P](O)(OC[C@H]2O[C@@H](n3cnc4c(N)nc(N)nc43)[C@](C)(O)[C@@H]2O)OCC1(C)C. The van der Waals surface area contributed by atoms with Crippen LogP contribution in [0.25, 0.3) is 11.2 Å². The first kappa shape index (κ1) is 31.2. The molecule has 2 saturated heterocycles. The van der Waals surface area contributed by atoms with Gasteiger partial charge < -0.3 is 41.4 Å². The maximum atomic E-state index is 12.9. The summed E-state index contributed by atoms with van der Waals surface area (Å²) in [5.74, 6) is -1.14. The van der Waals surface area contributed by atoms with Crippen LogP contribution in [0.2, 0.25) is 0 Å². The van der Waals surface area contributed by atoms with Gasteiger partial charge in [-0.05, 0) is 20.8 Å². The van der Waals surface area contributed by atoms with Gasteiger partial charge in [0.05, 0.1) is 32.1 Å². The van der Waals surface area contributed by atoms with E-state index >= 15 is 0 Å². The van der Waals surface area contributed by atoms with Crippen molar-refractivity contribution in [3.05, 3.63) is 6.33 Å². The van der Waals surface area contributed by atoms with Gasteiger partial charge in [0.15, 0.2) is 23.8 Å². The van der Waals surface area contributed by atoms with Gasteiger partial charge in [-0.15, -0.1) is 0 Å². The van der Waals surface area contributed by atoms with E-state index in [4.69, 9.17) is 34.5 Å². The van der Waals surface area contributed by atoms with Crippen molar-refractivity contribution >= 4 is 43.0 Å². The zero-order valence-electron chi connectivity index (χ0n) is 23.4. The van der Waals surface area contributed by atoms with Crippen LogP contribution in [0.15, 0.2) is 6.33 Å². The van der Waals surface area contributed by atoms with Crippen molar-refractivity contribution in [3.63, 3.8) is 0 Å². The molecule has 6 atom stereocenters. The van der Waals surface area contributed by atoms with Crippen LogP contribution in [-0.2, 0) is 32.6 Å². The molecule has 1 amide bonds. The van der Waals surface area contributed by atoms with E-state index in [1.165, 1.54) is 17.8 Å². The van der Waals surface area contributed by atoms with Gasteiger partial charge >= 0.3 is 14.1 Å². The summed E-state index contributed by atoms with van der Waals surface area (Å²) in [4.78, 5) is 47.8. The standard InChI is InChI=1S/C23H37N7O10P/c1-11(2)38-13(31)6-7-26-19(33)16-22(3,4)9-37-41(35,40-16)36-8-12-15(32)23(5,34)20(39-12)30-10-27-14-17(24)28-21(25)29-18(14)30/h10-12,15-16,20,32,34-35H,6-9H2,1-5H3,(H,26,33)(H4,24,25,28,29)/t12-,15-,16+,20-,23-/m1/s1. The molecule has 4 heterocycles. The number of imidazole rings is 1. The van der Waals surface area contributed by atoms with Crippen LogP contribution < -0.4 is 16.8 Å². The van der Waals surface area contributed by atoms with Gasteiger partial charge in [-0.3, -0.25) is 27.7 Å². The number of anilines is 2. The van der Waals surface area contributed by atoms with Gasteiger partial charge in [-0.2, -0.15) is 9.97 Å². The summed E-state index contributed by atoms with van der Waals surface area (Å²) in [6.07, 6.45) is -4.07. The third-order valence-electron chi connectivity index (χ3n) is 6.66. The molecule has 0 spiro atoms. The molecule has 41 heavy (non-hydrogen) atoms. The van der Waals surface area contributed by atoms with E-state index in [1.54, 1.807) is 27.7 Å². The molecule has 0 aromatic carbocycles. The van der Waals surface area contributed by atoms with Crippen molar-refractivity contribution in [1.29, 1.82) is 0 Å². The molecule has 1 radical (unpaired) electrons. The number of amides is 1. The largest absolute Gasteiger partial charge is 0.463 e. The number of rotatable bonds is 9. The first-order valence-corrected chi connectivity index (χ1v) is 14.4. The second-order valence-electron chi connectivity index (χ2n) is 11.1. The lowest BCUT2D eigenvalue weighted by Crippen LogP contribution is -2.51. The Labute approximate surface area is 236 Å². The molecule has 8 N–H and O–H groups in total. The molecule has 2 aromatic rings. The number of aliphatic hydroxyl groups excluding tert-OH is 1. The van der Waals surface area contributed by atoms with E-state index in [-0.39, 0.29) is 48.6 Å². The fourth-order valence-electron chi connectivity index (χ4n) is 4.48. The molecule has 4 rings (SSSR count). The Balaban J connectivity index is 1.41. The second-order valence-corrected chi connectivity index (χ2v) is 12.7. The Bertz CT molecular complexity index is 1290. The van der Waals surface area contributed by atoms with Crippen molar-refractivity contribution in [2.75, 3.05) is 31.2 Å². The summed E-state index contributed by atoms with van der Waals surface area (Å²) in [6, 6.07) is 0. The first-order chi connectivity index (χ1) is 19.0. The van der Waals surface area contributed by atoms with Gasteiger partial charge in [-0.25, -0.2) is 4.98 Å². The Morgan fingerprint density at radius 1 is 1.29 bits per heavy atom. The number of esters is 1. The van der Waals surface area contributed by atoms with Gasteiger partial charge in [0.2, 0.25) is 11.9 Å². The summed E-state index contributed by atoms with van der Waals surface area (Å²) in [7, 11) is -4.07. The van der Waals surface area contributed by atoms with Crippen LogP contribution >= 0.6 is 8.17 Å². The lowest BCUT2D eigenvalue weighted by molar-refractivity contribution is -0.148. The number of nitrogens with two attached hydrogens (primary N) is 2. The predicted octanol–water partition coefficient (Wildman–Crippen LogP) is -0.414. The topological polar surface area (TPSA) is 249 Å². The Morgan fingerprint density at radius 3 is 2.68 bits per heavy atom. The van der Waals surface area contributed by atoms with Crippen molar-refractivity contribution in [2.45, 2.75) is 77.3 Å². The lowest BCUT2D eigenvalue weighted by Gasteiger charge is -2.44. The molecule has 0 bridgehead atoms. The molecule has 2 fully saturated rings. The average molecular weight is 603 g/mol. The molecule has 2 aliphatic heterocycles. The molecule has 17 nitrogen and oxygen atoms in total. The third kappa shape index (κ3) is 6.52. The number of carbonyl (C=O) groups is 2. The predicted molar refractivity (Wildman–Crippen MR) is 143 cm³/mol. The minimum Gasteiger partial charge on any atom is -0.463 e. The van der Waals surface area contributed by atoms with Crippen molar-refractivity contribution in [2.24, 2.45) is 5.41 Å². The highest BCUT2D eigenvalue weighted by Gasteiger charge is 2.55. The Kier molecular flexibility index (Phi) is 8.74. The molecule has 2 aliphatic rings. The fourth-order valence-corrected chi connectivity index (χ4v) is 6.15. The monoisotopic (exact) mass is 602 g/mol. The molecular formula is C23H37N7O10P. The van der Waals surface area contributed by atoms with Gasteiger partial charge in [-0.1, -0.05) is 13.8 Å². The highest BCUT2D eigenvalue weighted by atomic mass is 31.2. The van der Waals surface area contributed by atoms with E-state index in [0.717, 1.165) is 0 Å². The average Bonchev–Trinajstić information content (AvgIpc) is 3.37. The zero-order chi connectivity index (χ0) is 30.3. The molecule has 0 saturated carbocycles. The first-order valence-electron chi connectivity index (χ1n) is 12.9. The number of hydrogen-bond donors (Lipinski definition) is 6. The van der Waals surface area contributed by atoms with E-state index in [0.29, 0.717) is 0 Å². The Hall–Kier alpha value is -2.76. The Morgan fingerprint density at radius 2 is 2.00 bits per heavy atom. The zero-order valence-corrected chi connectivity index (χ0v) is 24.3. The van der Waals surface area contributed by atoms with Crippen LogP contribution in [0.1, 0.15) is 47.3 Å². The highest BCUT2D eigenvalue weighted by Crippen LogP contribution is 2.64. The van der Waals surface area contributed by atoms with Crippen LogP contribution in [-0.4, -0.2) is 96.3 Å². The molecular weight excluding hydrogens is 565 g/mol. The van der Waals surface area contributed by atoms with Gasteiger partial charge in [0, 0.05) is 12.0 Å². The van der Waals surface area contributed by atoms with Crippen molar-refractivity contribution in [3.8, 4) is 0 Å². The number of nitrogens with one attached hydrogen (secondary N) is 1. The summed E-state index contributed by atoms with van der Waals surface area (Å²) in [5.41, 5.74) is 9.25. The lowest BCUT2D eigenvalue weighted by atomic mass is 9.87. The van der Waals surface area contributed by atoms with E-state index in [9.17, 15) is 24.7 Å². The summed E-state index contributed by atoms with van der Waals surface area (Å²) in [5, 5.41) is 24.6.